The topological polar surface area (TPSA) is 51.4 Å². The van der Waals surface area contributed by atoms with Crippen LogP contribution < -0.4 is 5.73 Å². The van der Waals surface area contributed by atoms with E-state index in [9.17, 15) is 0 Å². The number of methoxy groups -OCH3 is 1. The van der Waals surface area contributed by atoms with Crippen LogP contribution in [-0.4, -0.2) is 40.7 Å². The van der Waals surface area contributed by atoms with Crippen LogP contribution in [0.4, 0.5) is 0 Å². The molecule has 0 saturated carbocycles. The summed E-state index contributed by atoms with van der Waals surface area (Å²) in [5, 5.41) is 0. The second-order valence-corrected chi connectivity index (χ2v) is 5.82. The van der Waals surface area contributed by atoms with E-state index in [0.717, 1.165) is 32.5 Å². The number of ether oxygens (including phenoxy) is 1. The Morgan fingerprint density at radius 3 is 3.11 bits per heavy atom. The quantitative estimate of drug-likeness (QED) is 0.851. The molecule has 2 N–H and O–H groups in total. The van der Waals surface area contributed by atoms with Gasteiger partial charge in [0.05, 0.1) is 11.3 Å². The molecule has 5 heteroatoms. The summed E-state index contributed by atoms with van der Waals surface area (Å²) in [6.07, 6.45) is 4.05. The van der Waals surface area contributed by atoms with Crippen molar-refractivity contribution < 1.29 is 4.74 Å². The fourth-order valence-electron chi connectivity index (χ4n) is 2.57. The van der Waals surface area contributed by atoms with Crippen LogP contribution in [0.5, 0.6) is 0 Å². The second kappa shape index (κ2) is 5.94. The number of hydrogen-bond acceptors (Lipinski definition) is 4. The van der Waals surface area contributed by atoms with Gasteiger partial charge in [-0.2, -0.15) is 0 Å². The molecule has 1 aromatic rings. The van der Waals surface area contributed by atoms with E-state index >= 15 is 0 Å². The van der Waals surface area contributed by atoms with E-state index in [0.29, 0.717) is 10.7 Å². The van der Waals surface area contributed by atoms with Gasteiger partial charge in [0.15, 0.2) is 0 Å². The van der Waals surface area contributed by atoms with Crippen LogP contribution >= 0.6 is 12.2 Å². The Hall–Kier alpha value is -1.04. The van der Waals surface area contributed by atoms with Crippen molar-refractivity contribution in [2.24, 2.45) is 5.73 Å². The third kappa shape index (κ3) is 3.72. The summed E-state index contributed by atoms with van der Waals surface area (Å²) in [5.74, 6) is 0. The molecular formula is C14H21N3OS. The Kier molecular flexibility index (Phi) is 4.50. The van der Waals surface area contributed by atoms with Crippen molar-refractivity contribution in [1.82, 2.24) is 9.88 Å². The van der Waals surface area contributed by atoms with Crippen LogP contribution in [0.1, 0.15) is 31.0 Å². The first kappa shape index (κ1) is 14.4. The smallest absolute Gasteiger partial charge is 0.122 e. The van der Waals surface area contributed by atoms with Crippen LogP contribution in [0.25, 0.3) is 0 Å². The van der Waals surface area contributed by atoms with Gasteiger partial charge in [0.1, 0.15) is 4.99 Å². The van der Waals surface area contributed by atoms with Gasteiger partial charge < -0.3 is 10.5 Å². The molecule has 1 atom stereocenters. The van der Waals surface area contributed by atoms with E-state index in [1.165, 1.54) is 5.56 Å². The molecule has 1 fully saturated rings. The summed E-state index contributed by atoms with van der Waals surface area (Å²) in [7, 11) is 1.79. The minimum atomic E-state index is -0.0305. The average molecular weight is 279 g/mol. The number of hydrogen-bond donors (Lipinski definition) is 1. The van der Waals surface area contributed by atoms with Gasteiger partial charge in [0, 0.05) is 26.4 Å². The maximum absolute atomic E-state index is 5.62. The first-order valence-corrected chi connectivity index (χ1v) is 6.95. The Morgan fingerprint density at radius 2 is 2.42 bits per heavy atom. The van der Waals surface area contributed by atoms with Gasteiger partial charge in [-0.3, -0.25) is 9.88 Å². The minimum absolute atomic E-state index is 0.0305. The lowest BCUT2D eigenvalue weighted by Crippen LogP contribution is -2.46. The maximum atomic E-state index is 5.62. The minimum Gasteiger partial charge on any atom is -0.388 e. The second-order valence-electron chi connectivity index (χ2n) is 5.38. The molecule has 4 nitrogen and oxygen atoms in total. The number of piperidine rings is 1. The van der Waals surface area contributed by atoms with Crippen molar-refractivity contribution >= 4 is 17.2 Å². The molecule has 0 aromatic carbocycles. The van der Waals surface area contributed by atoms with Gasteiger partial charge in [-0.15, -0.1) is 0 Å². The molecular weight excluding hydrogens is 258 g/mol. The molecule has 1 aliphatic rings. The number of aromatic nitrogens is 1. The average Bonchev–Trinajstić information content (AvgIpc) is 2.39. The number of rotatable bonds is 4. The molecule has 104 valence electrons. The van der Waals surface area contributed by atoms with E-state index in [2.05, 4.69) is 16.8 Å². The van der Waals surface area contributed by atoms with Gasteiger partial charge in [0.2, 0.25) is 0 Å². The summed E-state index contributed by atoms with van der Waals surface area (Å²) in [4.78, 5) is 6.93. The van der Waals surface area contributed by atoms with Crippen LogP contribution in [0.3, 0.4) is 0 Å². The largest absolute Gasteiger partial charge is 0.388 e. The summed E-state index contributed by atoms with van der Waals surface area (Å²) in [5.41, 5.74) is 7.47. The lowest BCUT2D eigenvalue weighted by Gasteiger charge is -2.39. The van der Waals surface area contributed by atoms with Gasteiger partial charge in [0.25, 0.3) is 0 Å². The monoisotopic (exact) mass is 279 g/mol. The van der Waals surface area contributed by atoms with Crippen molar-refractivity contribution in [3.05, 3.63) is 29.6 Å². The molecule has 0 aliphatic carbocycles. The molecule has 1 aliphatic heterocycles. The first-order valence-electron chi connectivity index (χ1n) is 6.55. The molecule has 19 heavy (non-hydrogen) atoms. The van der Waals surface area contributed by atoms with Gasteiger partial charge in [-0.05, 0) is 44.0 Å². The van der Waals surface area contributed by atoms with E-state index < -0.39 is 0 Å². The van der Waals surface area contributed by atoms with Gasteiger partial charge in [-0.1, -0.05) is 12.2 Å². The molecule has 2 heterocycles. The highest BCUT2D eigenvalue weighted by molar-refractivity contribution is 7.80. The lowest BCUT2D eigenvalue weighted by molar-refractivity contribution is -0.0527. The van der Waals surface area contributed by atoms with Crippen molar-refractivity contribution in [2.75, 3.05) is 20.2 Å². The van der Waals surface area contributed by atoms with E-state index in [4.69, 9.17) is 22.7 Å². The Bertz CT molecular complexity index is 466. The zero-order chi connectivity index (χ0) is 13.9. The fourth-order valence-corrected chi connectivity index (χ4v) is 2.69. The van der Waals surface area contributed by atoms with Crippen LogP contribution in [-0.2, 0) is 11.3 Å². The van der Waals surface area contributed by atoms with E-state index in [1.807, 2.05) is 12.1 Å². The van der Waals surface area contributed by atoms with E-state index in [-0.39, 0.29) is 5.60 Å². The number of nitrogens with two attached hydrogens (primary N) is 1. The normalized spacial score (nSPS) is 24.3. The molecule has 1 saturated heterocycles. The number of likely N-dealkylation sites (tertiary alicyclic amines) is 1. The standard InChI is InChI=1S/C14H21N3OS/c1-14(18-2)5-3-7-17(10-14)9-11-4-6-16-12(8-11)13(15)19/h4,6,8H,3,5,7,9-10H2,1-2H3,(H2,15,19). The highest BCUT2D eigenvalue weighted by atomic mass is 32.1. The third-order valence-corrected chi connectivity index (χ3v) is 3.92. The number of thiocarbonyl (C=S) groups is 1. The highest BCUT2D eigenvalue weighted by Crippen LogP contribution is 2.24. The first-order chi connectivity index (χ1) is 9.02. The molecule has 0 amide bonds. The molecule has 0 radical (unpaired) electrons. The van der Waals surface area contributed by atoms with Crippen LogP contribution in [0.15, 0.2) is 18.3 Å². The molecule has 2 rings (SSSR count). The van der Waals surface area contributed by atoms with Crippen LogP contribution in [0, 0.1) is 0 Å². The third-order valence-electron chi connectivity index (χ3n) is 3.71. The predicted octanol–water partition coefficient (Wildman–Crippen LogP) is 1.72. The number of nitrogens with zero attached hydrogens (tertiary/aromatic N) is 2. The Balaban J connectivity index is 2.04. The lowest BCUT2D eigenvalue weighted by atomic mass is 9.94. The summed E-state index contributed by atoms with van der Waals surface area (Å²) < 4.78 is 5.61. The molecule has 1 aromatic heterocycles. The zero-order valence-corrected chi connectivity index (χ0v) is 12.4. The summed E-state index contributed by atoms with van der Waals surface area (Å²) >= 11 is 4.96. The SMILES string of the molecule is COC1(C)CCCN(Cc2ccnc(C(N)=S)c2)C1. The fraction of sp³-hybridized carbons (Fsp3) is 0.571. The highest BCUT2D eigenvalue weighted by Gasteiger charge is 2.30. The van der Waals surface area contributed by atoms with Crippen molar-refractivity contribution in [3.63, 3.8) is 0 Å². The van der Waals surface area contributed by atoms with Crippen molar-refractivity contribution in [3.8, 4) is 0 Å². The van der Waals surface area contributed by atoms with Gasteiger partial charge >= 0.3 is 0 Å². The van der Waals surface area contributed by atoms with Crippen LogP contribution in [0.2, 0.25) is 0 Å². The Morgan fingerprint density at radius 1 is 1.63 bits per heavy atom. The summed E-state index contributed by atoms with van der Waals surface area (Å²) in [6.45, 7) is 5.11. The molecule has 0 spiro atoms. The van der Waals surface area contributed by atoms with Gasteiger partial charge in [-0.25, -0.2) is 0 Å². The maximum Gasteiger partial charge on any atom is 0.122 e. The molecule has 0 bridgehead atoms. The van der Waals surface area contributed by atoms with Crippen molar-refractivity contribution in [1.29, 1.82) is 0 Å². The van der Waals surface area contributed by atoms with Crippen molar-refractivity contribution in [2.45, 2.75) is 31.9 Å². The Labute approximate surface area is 120 Å². The summed E-state index contributed by atoms with van der Waals surface area (Å²) in [6, 6.07) is 3.99. The zero-order valence-electron chi connectivity index (χ0n) is 11.6. The molecule has 1 unspecified atom stereocenters. The predicted molar refractivity (Wildman–Crippen MR) is 80.0 cm³/mol. The number of pyridine rings is 1. The van der Waals surface area contributed by atoms with E-state index in [1.54, 1.807) is 13.3 Å².